The fourth-order valence-electron chi connectivity index (χ4n) is 2.57. The monoisotopic (exact) mass is 475 g/mol. The van der Waals surface area contributed by atoms with Gasteiger partial charge in [-0.15, -0.1) is 0 Å². The summed E-state index contributed by atoms with van der Waals surface area (Å²) in [5, 5.41) is 2.45. The molecule has 1 aliphatic heterocycles. The summed E-state index contributed by atoms with van der Waals surface area (Å²) in [7, 11) is 0. The molecule has 0 bridgehead atoms. The minimum absolute atomic E-state index is 0.0141. The van der Waals surface area contributed by atoms with Crippen LogP contribution in [-0.2, 0) is 22.5 Å². The molecule has 168 valence electrons. The number of nitrogens with zero attached hydrogens (tertiary/aromatic N) is 4. The molecule has 1 aromatic heterocycles. The van der Waals surface area contributed by atoms with Crippen molar-refractivity contribution in [2.75, 3.05) is 6.26 Å². The number of aromatic nitrogens is 1. The first kappa shape index (κ1) is 24.9. The van der Waals surface area contributed by atoms with Crippen LogP contribution in [0.15, 0.2) is 56.2 Å². The number of rotatable bonds is 5. The number of aliphatic imine (C=N–C) groups is 2. The van der Waals surface area contributed by atoms with Gasteiger partial charge >= 0.3 is 6.18 Å². The largest absolute Gasteiger partial charge is 0.612 e. The van der Waals surface area contributed by atoms with Crippen molar-refractivity contribution in [1.82, 2.24) is 15.2 Å². The summed E-state index contributed by atoms with van der Waals surface area (Å²) in [5.74, 6) is -1.64. The van der Waals surface area contributed by atoms with Gasteiger partial charge in [0.25, 0.3) is 5.91 Å². The van der Waals surface area contributed by atoms with E-state index in [0.29, 0.717) is 21.1 Å². The molecule has 0 aromatic carbocycles. The highest BCUT2D eigenvalue weighted by Crippen LogP contribution is 2.30. The van der Waals surface area contributed by atoms with Crippen molar-refractivity contribution in [3.05, 3.63) is 47.0 Å². The Balaban J connectivity index is 2.44. The highest BCUT2D eigenvalue weighted by Gasteiger charge is 2.47. The molecule has 0 saturated carbocycles. The van der Waals surface area contributed by atoms with Crippen LogP contribution in [0.1, 0.15) is 26.5 Å². The number of hydrogen-bond acceptors (Lipinski definition) is 6. The van der Waals surface area contributed by atoms with Crippen LogP contribution in [0.3, 0.4) is 0 Å². The summed E-state index contributed by atoms with van der Waals surface area (Å²) >= 11 is 4.51. The van der Waals surface area contributed by atoms with Crippen LogP contribution in [0.4, 0.5) is 13.2 Å². The molecule has 12 heteroatoms. The van der Waals surface area contributed by atoms with E-state index >= 15 is 0 Å². The molecular formula is C19H21ClF3N5O2S. The average molecular weight is 476 g/mol. The van der Waals surface area contributed by atoms with E-state index in [1.54, 1.807) is 26.0 Å². The molecule has 0 fully saturated rings. The molecule has 7 nitrogen and oxygen atoms in total. The smallest absolute Gasteiger partial charge is 0.409 e. The predicted molar refractivity (Wildman–Crippen MR) is 114 cm³/mol. The molecule has 1 aromatic rings. The summed E-state index contributed by atoms with van der Waals surface area (Å²) < 4.78 is 52.0. The molecule has 1 aliphatic rings. The zero-order chi connectivity index (χ0) is 23.5. The van der Waals surface area contributed by atoms with E-state index in [4.69, 9.17) is 11.6 Å². The van der Waals surface area contributed by atoms with Crippen LogP contribution < -0.4 is 5.32 Å². The lowest BCUT2D eigenvalue weighted by molar-refractivity contribution is -0.173. The van der Waals surface area contributed by atoms with Crippen LogP contribution in [0.2, 0.25) is 0 Å². The number of amidine groups is 2. The number of halogens is 4. The molecule has 2 heterocycles. The Hall–Kier alpha value is -2.37. The lowest BCUT2D eigenvalue weighted by Gasteiger charge is -2.35. The quantitative estimate of drug-likeness (QED) is 0.521. The summed E-state index contributed by atoms with van der Waals surface area (Å²) in [6.07, 6.45) is -1.78. The second kappa shape index (κ2) is 9.84. The van der Waals surface area contributed by atoms with Crippen molar-refractivity contribution in [2.24, 2.45) is 9.98 Å². The first-order valence-electron chi connectivity index (χ1n) is 8.95. The molecule has 0 aliphatic carbocycles. The van der Waals surface area contributed by atoms with E-state index in [1.807, 2.05) is 0 Å². The second-order valence-corrected chi connectivity index (χ2v) is 8.62. The van der Waals surface area contributed by atoms with Gasteiger partial charge in [0.1, 0.15) is 23.2 Å². The number of carbonyl (C=O) groups excluding carboxylic acids is 1. The van der Waals surface area contributed by atoms with E-state index in [9.17, 15) is 22.5 Å². The predicted octanol–water partition coefficient (Wildman–Crippen LogP) is 3.50. The minimum Gasteiger partial charge on any atom is -0.612 e. The lowest BCUT2D eigenvalue weighted by Crippen LogP contribution is -2.57. The summed E-state index contributed by atoms with van der Waals surface area (Å²) in [4.78, 5) is 26.1. The third-order valence-electron chi connectivity index (χ3n) is 4.21. The van der Waals surface area contributed by atoms with Gasteiger partial charge in [-0.1, -0.05) is 18.2 Å². The number of carbonyl (C=O) groups is 1. The van der Waals surface area contributed by atoms with Crippen molar-refractivity contribution in [3.63, 3.8) is 0 Å². The van der Waals surface area contributed by atoms with Crippen molar-refractivity contribution in [3.8, 4) is 0 Å². The van der Waals surface area contributed by atoms with Crippen molar-refractivity contribution in [1.29, 1.82) is 0 Å². The van der Waals surface area contributed by atoms with E-state index in [2.05, 4.69) is 26.9 Å². The summed E-state index contributed by atoms with van der Waals surface area (Å²) in [5.41, 5.74) is 1.08. The number of hydrogen-bond donors (Lipinski definition) is 1. The first-order valence-corrected chi connectivity index (χ1v) is 10.9. The second-order valence-electron chi connectivity index (χ2n) is 6.81. The number of nitrogens with one attached hydrogen (secondary N) is 1. The average Bonchev–Trinajstić information content (AvgIpc) is 2.66. The molecule has 31 heavy (non-hydrogen) atoms. The zero-order valence-corrected chi connectivity index (χ0v) is 18.8. The van der Waals surface area contributed by atoms with E-state index in [-0.39, 0.29) is 29.1 Å². The highest BCUT2D eigenvalue weighted by molar-refractivity contribution is 7.90. The van der Waals surface area contributed by atoms with E-state index in [0.717, 1.165) is 6.92 Å². The molecule has 2 atom stereocenters. The van der Waals surface area contributed by atoms with Crippen molar-refractivity contribution < 1.29 is 22.5 Å². The molecule has 2 rings (SSSR count). The summed E-state index contributed by atoms with van der Waals surface area (Å²) in [6, 6.07) is 1.02. The van der Waals surface area contributed by atoms with Gasteiger partial charge in [0.15, 0.2) is 16.6 Å². The lowest BCUT2D eigenvalue weighted by atomic mass is 10.1. The standard InChI is InChI=1S/C19H21ClF3N5O2S/c1-10(2)15-17(26-12(4)20)28(11(3)19(21,22)23)18(29)16(27-15)25-8-13-6-7-14(9-24-13)31(5)30/h6-7,9,11H,4,8H2,1-3,5H3,(H,25,27)/b26-17+/t11-,31?/m0/s1. The molecular weight excluding hydrogens is 455 g/mol. The topological polar surface area (TPSA) is 93.0 Å². The van der Waals surface area contributed by atoms with Crippen LogP contribution >= 0.6 is 11.6 Å². The summed E-state index contributed by atoms with van der Waals surface area (Å²) in [6.45, 7) is 7.49. The van der Waals surface area contributed by atoms with Gasteiger partial charge in [-0.2, -0.15) is 13.2 Å². The number of alkyl halides is 3. The Morgan fingerprint density at radius 3 is 2.52 bits per heavy atom. The molecule has 1 amide bonds. The van der Waals surface area contributed by atoms with Gasteiger partial charge in [0.2, 0.25) is 0 Å². The van der Waals surface area contributed by atoms with Crippen LogP contribution in [-0.4, -0.2) is 50.5 Å². The van der Waals surface area contributed by atoms with Crippen molar-refractivity contribution in [2.45, 2.75) is 44.4 Å². The number of amides is 1. The van der Waals surface area contributed by atoms with Crippen LogP contribution in [0, 0.1) is 0 Å². The van der Waals surface area contributed by atoms with E-state index in [1.165, 1.54) is 12.5 Å². The SMILES string of the molecule is C=C(Cl)/N=C1\C(=C(C)C)N=C(NCc2ccc([S+](C)[O-])cn2)C(=O)N1[C@@H](C)C(F)(F)F. The highest BCUT2D eigenvalue weighted by atomic mass is 35.5. The first-order chi connectivity index (χ1) is 14.3. The zero-order valence-electron chi connectivity index (χ0n) is 17.2. The van der Waals surface area contributed by atoms with Gasteiger partial charge in [-0.3, -0.25) is 14.7 Å². The van der Waals surface area contributed by atoms with Gasteiger partial charge in [0, 0.05) is 0 Å². The third-order valence-corrected chi connectivity index (χ3v) is 5.20. The fourth-order valence-corrected chi connectivity index (χ4v) is 3.11. The maximum absolute atomic E-state index is 13.5. The van der Waals surface area contributed by atoms with Crippen molar-refractivity contribution >= 4 is 40.4 Å². The third kappa shape index (κ3) is 6.08. The molecule has 0 spiro atoms. The maximum atomic E-state index is 13.5. The fraction of sp³-hybridized carbons (Fsp3) is 0.368. The van der Waals surface area contributed by atoms with E-state index < -0.39 is 29.3 Å². The normalized spacial score (nSPS) is 18.0. The number of allylic oxidation sites excluding steroid dienone is 1. The molecule has 1 N–H and O–H groups in total. The molecule has 1 unspecified atom stereocenters. The Morgan fingerprint density at radius 1 is 1.42 bits per heavy atom. The Kier molecular flexibility index (Phi) is 7.90. The number of pyridine rings is 1. The Labute approximate surface area is 186 Å². The molecule has 0 radical (unpaired) electrons. The molecule has 0 saturated heterocycles. The van der Waals surface area contributed by atoms with Gasteiger partial charge in [0.05, 0.1) is 18.4 Å². The maximum Gasteiger partial charge on any atom is 0.409 e. The van der Waals surface area contributed by atoms with Gasteiger partial charge in [-0.05, 0) is 49.7 Å². The van der Waals surface area contributed by atoms with Gasteiger partial charge < -0.3 is 9.87 Å². The van der Waals surface area contributed by atoms with Crippen LogP contribution in [0.5, 0.6) is 0 Å². The minimum atomic E-state index is -4.72. The Bertz CT molecular complexity index is 954. The van der Waals surface area contributed by atoms with Gasteiger partial charge in [-0.25, -0.2) is 9.98 Å². The Morgan fingerprint density at radius 2 is 2.06 bits per heavy atom. The van der Waals surface area contributed by atoms with Crippen LogP contribution in [0.25, 0.3) is 0 Å².